The zero-order valence-electron chi connectivity index (χ0n) is 12.2. The van der Waals surface area contributed by atoms with Gasteiger partial charge in [-0.25, -0.2) is 0 Å². The SMILES string of the molecule is CCCC(C)c1cc(NC(=O)C2CCNCC2)n[nH]1.Cl. The molecule has 1 aromatic heterocycles. The number of anilines is 1. The molecule has 0 radical (unpaired) electrons. The fourth-order valence-corrected chi connectivity index (χ4v) is 2.55. The zero-order chi connectivity index (χ0) is 13.7. The zero-order valence-corrected chi connectivity index (χ0v) is 13.1. The van der Waals surface area contributed by atoms with Gasteiger partial charge >= 0.3 is 0 Å². The molecular weight excluding hydrogens is 276 g/mol. The summed E-state index contributed by atoms with van der Waals surface area (Å²) in [6.07, 6.45) is 4.10. The Kier molecular flexibility index (Phi) is 7.02. The minimum atomic E-state index is 0. The monoisotopic (exact) mass is 300 g/mol. The molecule has 0 spiro atoms. The number of nitrogens with one attached hydrogen (secondary N) is 3. The van der Waals surface area contributed by atoms with Gasteiger partial charge in [-0.1, -0.05) is 20.3 Å². The van der Waals surface area contributed by atoms with E-state index in [1.165, 1.54) is 0 Å². The fraction of sp³-hybridized carbons (Fsp3) is 0.714. The maximum absolute atomic E-state index is 12.1. The lowest BCUT2D eigenvalue weighted by Gasteiger charge is -2.21. The molecule has 1 atom stereocenters. The summed E-state index contributed by atoms with van der Waals surface area (Å²) in [5.74, 6) is 1.33. The molecule has 0 saturated carbocycles. The molecule has 1 fully saturated rings. The van der Waals surface area contributed by atoms with E-state index in [1.807, 2.05) is 6.07 Å². The molecule has 0 bridgehead atoms. The summed E-state index contributed by atoms with van der Waals surface area (Å²) < 4.78 is 0. The number of halogens is 1. The predicted molar refractivity (Wildman–Crippen MR) is 83.4 cm³/mol. The van der Waals surface area contributed by atoms with Crippen molar-refractivity contribution >= 4 is 24.1 Å². The Labute approximate surface area is 126 Å². The number of hydrogen-bond donors (Lipinski definition) is 3. The van der Waals surface area contributed by atoms with Crippen molar-refractivity contribution in [3.05, 3.63) is 11.8 Å². The van der Waals surface area contributed by atoms with Gasteiger partial charge in [-0.15, -0.1) is 12.4 Å². The molecular formula is C14H25ClN4O. The van der Waals surface area contributed by atoms with Crippen molar-refractivity contribution in [1.29, 1.82) is 0 Å². The highest BCUT2D eigenvalue weighted by atomic mass is 35.5. The summed E-state index contributed by atoms with van der Waals surface area (Å²) in [6.45, 7) is 6.21. The van der Waals surface area contributed by atoms with Crippen LogP contribution in [0.25, 0.3) is 0 Å². The van der Waals surface area contributed by atoms with E-state index in [0.717, 1.165) is 44.5 Å². The number of carbonyl (C=O) groups is 1. The molecule has 2 rings (SSSR count). The van der Waals surface area contributed by atoms with Crippen molar-refractivity contribution < 1.29 is 4.79 Å². The van der Waals surface area contributed by atoms with Gasteiger partial charge in [0.15, 0.2) is 5.82 Å². The predicted octanol–water partition coefficient (Wildman–Crippen LogP) is 2.67. The highest BCUT2D eigenvalue weighted by molar-refractivity contribution is 5.91. The molecule has 20 heavy (non-hydrogen) atoms. The molecule has 1 aliphatic rings. The van der Waals surface area contributed by atoms with Crippen molar-refractivity contribution in [2.75, 3.05) is 18.4 Å². The Bertz CT molecular complexity index is 415. The maximum Gasteiger partial charge on any atom is 0.228 e. The molecule has 1 aromatic rings. The van der Waals surface area contributed by atoms with Crippen molar-refractivity contribution in [3.8, 4) is 0 Å². The largest absolute Gasteiger partial charge is 0.317 e. The van der Waals surface area contributed by atoms with Crippen LogP contribution in [0.3, 0.4) is 0 Å². The van der Waals surface area contributed by atoms with E-state index in [0.29, 0.717) is 11.7 Å². The van der Waals surface area contributed by atoms with E-state index < -0.39 is 0 Å². The molecule has 1 saturated heterocycles. The molecule has 5 nitrogen and oxygen atoms in total. The molecule has 6 heteroatoms. The third-order valence-corrected chi connectivity index (χ3v) is 3.81. The molecule has 1 amide bonds. The lowest BCUT2D eigenvalue weighted by Crippen LogP contribution is -2.34. The Hall–Kier alpha value is -1.07. The normalized spacial score (nSPS) is 17.3. The third kappa shape index (κ3) is 4.49. The van der Waals surface area contributed by atoms with Crippen molar-refractivity contribution in [1.82, 2.24) is 15.5 Å². The Balaban J connectivity index is 0.00000200. The van der Waals surface area contributed by atoms with E-state index >= 15 is 0 Å². The van der Waals surface area contributed by atoms with Crippen LogP contribution in [0.4, 0.5) is 5.82 Å². The summed E-state index contributed by atoms with van der Waals surface area (Å²) in [5, 5.41) is 13.4. The van der Waals surface area contributed by atoms with Crippen LogP contribution >= 0.6 is 12.4 Å². The highest BCUT2D eigenvalue weighted by Gasteiger charge is 2.21. The summed E-state index contributed by atoms with van der Waals surface area (Å²) in [6, 6.07) is 1.96. The third-order valence-electron chi connectivity index (χ3n) is 3.81. The summed E-state index contributed by atoms with van der Waals surface area (Å²) in [7, 11) is 0. The first-order valence-electron chi connectivity index (χ1n) is 7.27. The van der Waals surface area contributed by atoms with E-state index in [4.69, 9.17) is 0 Å². The van der Waals surface area contributed by atoms with Crippen LogP contribution in [0.15, 0.2) is 6.07 Å². The van der Waals surface area contributed by atoms with Gasteiger partial charge in [0.05, 0.1) is 0 Å². The van der Waals surface area contributed by atoms with Gasteiger partial charge in [0.1, 0.15) is 0 Å². The molecule has 2 heterocycles. The quantitative estimate of drug-likeness (QED) is 0.783. The molecule has 3 N–H and O–H groups in total. The van der Waals surface area contributed by atoms with Crippen LogP contribution in [-0.4, -0.2) is 29.2 Å². The second kappa shape index (κ2) is 8.27. The van der Waals surface area contributed by atoms with Gasteiger partial charge < -0.3 is 10.6 Å². The van der Waals surface area contributed by atoms with Gasteiger partial charge in [-0.05, 0) is 38.3 Å². The average Bonchev–Trinajstić information content (AvgIpc) is 2.88. The number of hydrogen-bond acceptors (Lipinski definition) is 3. The number of rotatable bonds is 5. The van der Waals surface area contributed by atoms with Gasteiger partial charge in [0.2, 0.25) is 5.91 Å². The van der Waals surface area contributed by atoms with E-state index in [-0.39, 0.29) is 24.2 Å². The molecule has 1 aliphatic heterocycles. The highest BCUT2D eigenvalue weighted by Crippen LogP contribution is 2.21. The number of aromatic nitrogens is 2. The van der Waals surface area contributed by atoms with E-state index in [9.17, 15) is 4.79 Å². The molecule has 114 valence electrons. The minimum absolute atomic E-state index is 0. The lowest BCUT2D eigenvalue weighted by molar-refractivity contribution is -0.120. The number of carbonyl (C=O) groups excluding carboxylic acids is 1. The van der Waals surface area contributed by atoms with Crippen LogP contribution in [0.5, 0.6) is 0 Å². The first-order chi connectivity index (χ1) is 9.20. The fourth-order valence-electron chi connectivity index (χ4n) is 2.55. The van der Waals surface area contributed by atoms with Crippen LogP contribution in [-0.2, 0) is 4.79 Å². The Morgan fingerprint density at radius 3 is 2.85 bits per heavy atom. The molecule has 1 unspecified atom stereocenters. The van der Waals surface area contributed by atoms with Gasteiger partial charge in [-0.2, -0.15) is 5.10 Å². The second-order valence-electron chi connectivity index (χ2n) is 5.41. The van der Waals surface area contributed by atoms with Crippen molar-refractivity contribution in [3.63, 3.8) is 0 Å². The van der Waals surface area contributed by atoms with Crippen LogP contribution in [0.2, 0.25) is 0 Å². The Morgan fingerprint density at radius 2 is 2.20 bits per heavy atom. The number of piperidine rings is 1. The van der Waals surface area contributed by atoms with Crippen molar-refractivity contribution in [2.45, 2.75) is 45.4 Å². The summed E-state index contributed by atoms with van der Waals surface area (Å²) >= 11 is 0. The number of amides is 1. The smallest absolute Gasteiger partial charge is 0.228 e. The van der Waals surface area contributed by atoms with Crippen LogP contribution < -0.4 is 10.6 Å². The second-order valence-corrected chi connectivity index (χ2v) is 5.41. The Morgan fingerprint density at radius 1 is 1.50 bits per heavy atom. The molecule has 0 aromatic carbocycles. The first kappa shape index (κ1) is 17.0. The van der Waals surface area contributed by atoms with Gasteiger partial charge in [0.25, 0.3) is 0 Å². The number of aromatic amines is 1. The average molecular weight is 301 g/mol. The van der Waals surface area contributed by atoms with Gasteiger partial charge in [0, 0.05) is 17.7 Å². The van der Waals surface area contributed by atoms with Crippen LogP contribution in [0, 0.1) is 5.92 Å². The van der Waals surface area contributed by atoms with Crippen molar-refractivity contribution in [2.24, 2.45) is 5.92 Å². The van der Waals surface area contributed by atoms with Crippen LogP contribution in [0.1, 0.15) is 51.1 Å². The summed E-state index contributed by atoms with van der Waals surface area (Å²) in [4.78, 5) is 12.1. The van der Waals surface area contributed by atoms with E-state index in [2.05, 4.69) is 34.7 Å². The number of H-pyrrole nitrogens is 1. The lowest BCUT2D eigenvalue weighted by atomic mass is 9.97. The minimum Gasteiger partial charge on any atom is -0.317 e. The van der Waals surface area contributed by atoms with Gasteiger partial charge in [-0.3, -0.25) is 9.89 Å². The number of nitrogens with zero attached hydrogens (tertiary/aromatic N) is 1. The summed E-state index contributed by atoms with van der Waals surface area (Å²) in [5.41, 5.74) is 1.10. The standard InChI is InChI=1S/C14H24N4O.ClH/c1-3-4-10(2)12-9-13(18-17-12)16-14(19)11-5-7-15-8-6-11;/h9-11,15H,3-8H2,1-2H3,(H2,16,17,18,19);1H. The maximum atomic E-state index is 12.1. The van der Waals surface area contributed by atoms with E-state index in [1.54, 1.807) is 0 Å². The topological polar surface area (TPSA) is 69.8 Å². The molecule has 0 aliphatic carbocycles. The first-order valence-corrected chi connectivity index (χ1v) is 7.27.